The first-order valence-corrected chi connectivity index (χ1v) is 13.5. The number of H-pyrrole nitrogens is 1. The highest BCUT2D eigenvalue weighted by Crippen LogP contribution is 2.28. The molecule has 0 spiro atoms. The lowest BCUT2D eigenvalue weighted by molar-refractivity contribution is -0.138. The van der Waals surface area contributed by atoms with Gasteiger partial charge in [0, 0.05) is 40.4 Å². The van der Waals surface area contributed by atoms with Crippen molar-refractivity contribution in [2.75, 3.05) is 18.8 Å². The Kier molecular flexibility index (Phi) is 6.36. The van der Waals surface area contributed by atoms with E-state index in [-0.39, 0.29) is 36.0 Å². The van der Waals surface area contributed by atoms with Crippen LogP contribution >= 0.6 is 11.6 Å². The first-order chi connectivity index (χ1) is 17.1. The lowest BCUT2D eigenvalue weighted by atomic mass is 9.99. The third-order valence-electron chi connectivity index (χ3n) is 6.49. The lowest BCUT2D eigenvalue weighted by Gasteiger charge is -2.41. The second-order valence-corrected chi connectivity index (χ2v) is 11.9. The van der Waals surface area contributed by atoms with Gasteiger partial charge >= 0.3 is 0 Å². The van der Waals surface area contributed by atoms with Crippen LogP contribution in [0.25, 0.3) is 21.8 Å². The minimum atomic E-state index is -3.91. The number of nitrogens with zero attached hydrogens (tertiary/aromatic N) is 4. The number of anilines is 1. The van der Waals surface area contributed by atoms with E-state index >= 15 is 0 Å². The molecule has 2 aromatic heterocycles. The van der Waals surface area contributed by atoms with Gasteiger partial charge < -0.3 is 15.6 Å². The molecule has 1 aliphatic heterocycles. The Labute approximate surface area is 214 Å². The number of piperazine rings is 1. The van der Waals surface area contributed by atoms with Gasteiger partial charge in [-0.25, -0.2) is 18.4 Å². The standard InChI is InChI=1S/C25H27ClN6O3S/c1-15(2)7-19-12-31(36(34,35)23-9-17-4-5-18(26)10-21(17)30-23)13-24(33)32(19)11-16-3-6-20-22(8-16)28-14-29-25(20)27/h3-6,8-10,14-15,19,30H,7,11-13H2,1-2H3,(H2,27,28,29)/t19-/m1/s1. The van der Waals surface area contributed by atoms with Crippen molar-refractivity contribution in [2.45, 2.75) is 37.9 Å². The quantitative estimate of drug-likeness (QED) is 0.393. The van der Waals surface area contributed by atoms with Gasteiger partial charge in [-0.15, -0.1) is 0 Å². The van der Waals surface area contributed by atoms with Crippen LogP contribution in [-0.2, 0) is 21.4 Å². The Balaban J connectivity index is 1.43. The molecule has 9 nitrogen and oxygen atoms in total. The highest BCUT2D eigenvalue weighted by Gasteiger charge is 2.39. The van der Waals surface area contributed by atoms with Crippen molar-refractivity contribution in [1.29, 1.82) is 0 Å². The van der Waals surface area contributed by atoms with Crippen LogP contribution in [0.15, 0.2) is 53.8 Å². The molecule has 0 radical (unpaired) electrons. The molecule has 36 heavy (non-hydrogen) atoms. The van der Waals surface area contributed by atoms with Crippen LogP contribution in [0, 0.1) is 5.92 Å². The number of rotatable bonds is 6. The second kappa shape index (κ2) is 9.34. The normalized spacial score (nSPS) is 17.5. The molecule has 1 saturated heterocycles. The van der Waals surface area contributed by atoms with Gasteiger partial charge in [0.2, 0.25) is 5.91 Å². The third-order valence-corrected chi connectivity index (χ3v) is 8.46. The number of carbonyl (C=O) groups excluding carboxylic acids is 1. The topological polar surface area (TPSA) is 125 Å². The number of nitrogens with two attached hydrogens (primary N) is 1. The van der Waals surface area contributed by atoms with Gasteiger partial charge in [-0.2, -0.15) is 4.31 Å². The zero-order valence-electron chi connectivity index (χ0n) is 20.0. The summed E-state index contributed by atoms with van der Waals surface area (Å²) in [6.45, 7) is 4.47. The molecule has 188 valence electrons. The summed E-state index contributed by atoms with van der Waals surface area (Å²) in [5.74, 6) is 0.433. The first kappa shape index (κ1) is 24.5. The fraction of sp³-hybridized carbons (Fsp3) is 0.320. The summed E-state index contributed by atoms with van der Waals surface area (Å²) >= 11 is 6.06. The van der Waals surface area contributed by atoms with E-state index in [9.17, 15) is 13.2 Å². The van der Waals surface area contributed by atoms with Gasteiger partial charge in [0.1, 0.15) is 17.2 Å². The maximum Gasteiger partial charge on any atom is 0.259 e. The number of carbonyl (C=O) groups is 1. The SMILES string of the molecule is CC(C)C[C@@H]1CN(S(=O)(=O)c2cc3ccc(Cl)cc3[nH]2)CC(=O)N1Cc1ccc2c(N)ncnc2c1. The monoisotopic (exact) mass is 526 g/mol. The molecule has 1 aliphatic rings. The summed E-state index contributed by atoms with van der Waals surface area (Å²) in [6.07, 6.45) is 2.08. The summed E-state index contributed by atoms with van der Waals surface area (Å²) in [7, 11) is -3.91. The van der Waals surface area contributed by atoms with Crippen LogP contribution in [0.1, 0.15) is 25.8 Å². The number of nitrogens with one attached hydrogen (secondary N) is 1. The molecule has 3 heterocycles. The van der Waals surface area contributed by atoms with Crippen molar-refractivity contribution in [2.24, 2.45) is 5.92 Å². The van der Waals surface area contributed by atoms with Crippen LogP contribution < -0.4 is 5.73 Å². The molecule has 1 amide bonds. The average molecular weight is 527 g/mol. The van der Waals surface area contributed by atoms with E-state index in [1.54, 1.807) is 29.2 Å². The first-order valence-electron chi connectivity index (χ1n) is 11.7. The van der Waals surface area contributed by atoms with Crippen molar-refractivity contribution in [3.05, 3.63) is 59.4 Å². The summed E-state index contributed by atoms with van der Waals surface area (Å²) in [6, 6.07) is 12.1. The summed E-state index contributed by atoms with van der Waals surface area (Å²) in [5.41, 5.74) is 8.17. The van der Waals surface area contributed by atoms with Gasteiger partial charge in [0.25, 0.3) is 10.0 Å². The smallest absolute Gasteiger partial charge is 0.259 e. The van der Waals surface area contributed by atoms with Gasteiger partial charge in [-0.3, -0.25) is 4.79 Å². The number of benzene rings is 2. The number of sulfonamides is 1. The van der Waals surface area contributed by atoms with E-state index < -0.39 is 10.0 Å². The van der Waals surface area contributed by atoms with E-state index in [2.05, 4.69) is 28.8 Å². The van der Waals surface area contributed by atoms with Crippen molar-refractivity contribution in [3.8, 4) is 0 Å². The number of aromatic nitrogens is 3. The number of fused-ring (bicyclic) bond motifs is 2. The Morgan fingerprint density at radius 2 is 1.97 bits per heavy atom. The fourth-order valence-corrected chi connectivity index (χ4v) is 6.37. The highest BCUT2D eigenvalue weighted by molar-refractivity contribution is 7.89. The molecule has 0 bridgehead atoms. The van der Waals surface area contributed by atoms with E-state index in [4.69, 9.17) is 17.3 Å². The Bertz CT molecular complexity index is 1570. The van der Waals surface area contributed by atoms with Gasteiger partial charge in [0.15, 0.2) is 0 Å². The minimum absolute atomic E-state index is 0.0520. The predicted molar refractivity (Wildman–Crippen MR) is 140 cm³/mol. The largest absolute Gasteiger partial charge is 0.383 e. The summed E-state index contributed by atoms with van der Waals surface area (Å²) in [4.78, 5) is 26.4. The van der Waals surface area contributed by atoms with Gasteiger partial charge in [-0.1, -0.05) is 37.6 Å². The minimum Gasteiger partial charge on any atom is -0.383 e. The van der Waals surface area contributed by atoms with E-state index in [1.165, 1.54) is 10.6 Å². The molecule has 1 fully saturated rings. The molecule has 2 aromatic carbocycles. The van der Waals surface area contributed by atoms with Gasteiger partial charge in [-0.05, 0) is 48.2 Å². The van der Waals surface area contributed by atoms with Gasteiger partial charge in [0.05, 0.1) is 12.1 Å². The lowest BCUT2D eigenvalue weighted by Crippen LogP contribution is -2.57. The molecule has 0 saturated carbocycles. The zero-order valence-corrected chi connectivity index (χ0v) is 21.6. The van der Waals surface area contributed by atoms with Crippen LogP contribution in [-0.4, -0.2) is 57.6 Å². The maximum atomic E-state index is 13.5. The molecule has 11 heteroatoms. The predicted octanol–water partition coefficient (Wildman–Crippen LogP) is 3.79. The van der Waals surface area contributed by atoms with Crippen molar-refractivity contribution >= 4 is 55.2 Å². The van der Waals surface area contributed by atoms with E-state index in [0.717, 1.165) is 16.3 Å². The summed E-state index contributed by atoms with van der Waals surface area (Å²) < 4.78 is 28.3. The zero-order chi connectivity index (χ0) is 25.6. The maximum absolute atomic E-state index is 13.5. The Morgan fingerprint density at radius 1 is 1.17 bits per heavy atom. The Hall–Kier alpha value is -3.21. The molecule has 4 aromatic rings. The van der Waals surface area contributed by atoms with Crippen molar-refractivity contribution in [3.63, 3.8) is 0 Å². The molecule has 0 aliphatic carbocycles. The molecule has 3 N–H and O–H groups in total. The average Bonchev–Trinajstić information content (AvgIpc) is 3.25. The Morgan fingerprint density at radius 3 is 2.75 bits per heavy atom. The molecular weight excluding hydrogens is 500 g/mol. The summed E-state index contributed by atoms with van der Waals surface area (Å²) in [5, 5.41) is 2.05. The van der Waals surface area contributed by atoms with Crippen molar-refractivity contribution < 1.29 is 13.2 Å². The number of hydrogen-bond acceptors (Lipinski definition) is 6. The molecule has 0 unspecified atom stereocenters. The van der Waals surface area contributed by atoms with Crippen LogP contribution in [0.2, 0.25) is 5.02 Å². The highest BCUT2D eigenvalue weighted by atomic mass is 35.5. The molecule has 5 rings (SSSR count). The van der Waals surface area contributed by atoms with Crippen molar-refractivity contribution in [1.82, 2.24) is 24.2 Å². The van der Waals surface area contributed by atoms with Crippen LogP contribution in [0.4, 0.5) is 5.82 Å². The molecule has 1 atom stereocenters. The fourth-order valence-electron chi connectivity index (χ4n) is 4.76. The van der Waals surface area contributed by atoms with Crippen LogP contribution in [0.5, 0.6) is 0 Å². The third kappa shape index (κ3) is 4.63. The van der Waals surface area contributed by atoms with E-state index in [1.807, 2.05) is 18.2 Å². The molecular formula is C25H27ClN6O3S. The second-order valence-electron chi connectivity index (χ2n) is 9.58. The number of amides is 1. The number of aromatic amines is 1. The van der Waals surface area contributed by atoms with E-state index in [0.29, 0.717) is 34.8 Å². The number of nitrogen functional groups attached to an aromatic ring is 1. The van der Waals surface area contributed by atoms with Crippen LogP contribution in [0.3, 0.4) is 0 Å². The number of halogens is 1. The number of hydrogen-bond donors (Lipinski definition) is 2.